The topological polar surface area (TPSA) is 15.3 Å². The third kappa shape index (κ3) is 10.2. The highest BCUT2D eigenvalue weighted by molar-refractivity contribution is 4.65. The second-order valence-electron chi connectivity index (χ2n) is 4.78. The van der Waals surface area contributed by atoms with E-state index in [-0.39, 0.29) is 0 Å². The summed E-state index contributed by atoms with van der Waals surface area (Å²) in [5.74, 6) is 0. The van der Waals surface area contributed by atoms with Gasteiger partial charge in [-0.25, -0.2) is 0 Å². The van der Waals surface area contributed by atoms with Gasteiger partial charge >= 0.3 is 0 Å². The van der Waals surface area contributed by atoms with E-state index in [1.165, 1.54) is 51.5 Å². The Kier molecular flexibility index (Phi) is 10.4. The van der Waals surface area contributed by atoms with Crippen LogP contribution in [0.15, 0.2) is 0 Å². The number of hydrogen-bond donors (Lipinski definition) is 1. The van der Waals surface area contributed by atoms with E-state index in [1.54, 1.807) is 0 Å². The molecular formula is C13H30N2. The second-order valence-corrected chi connectivity index (χ2v) is 4.78. The number of hydrogen-bond acceptors (Lipinski definition) is 2. The Labute approximate surface area is 96.4 Å². The zero-order valence-electron chi connectivity index (χ0n) is 11.2. The Hall–Kier alpha value is -0.0800. The van der Waals surface area contributed by atoms with Gasteiger partial charge in [-0.3, -0.25) is 0 Å². The average molecular weight is 214 g/mol. The summed E-state index contributed by atoms with van der Waals surface area (Å²) < 4.78 is 0. The molecule has 0 fully saturated rings. The predicted octanol–water partition coefficient (Wildman–Crippen LogP) is 2.89. The molecule has 0 aliphatic carbocycles. The Morgan fingerprint density at radius 2 is 1.67 bits per heavy atom. The molecule has 1 unspecified atom stereocenters. The third-order valence-corrected chi connectivity index (χ3v) is 2.99. The maximum atomic E-state index is 3.42. The fourth-order valence-electron chi connectivity index (χ4n) is 1.84. The van der Waals surface area contributed by atoms with Crippen LogP contribution in [0.4, 0.5) is 0 Å². The van der Waals surface area contributed by atoms with Crippen LogP contribution in [-0.2, 0) is 0 Å². The summed E-state index contributed by atoms with van der Waals surface area (Å²) in [4.78, 5) is 2.27. The fourth-order valence-corrected chi connectivity index (χ4v) is 1.84. The first-order chi connectivity index (χ1) is 7.20. The quantitative estimate of drug-likeness (QED) is 0.563. The molecule has 0 heterocycles. The Bertz CT molecular complexity index is 124. The Morgan fingerprint density at radius 3 is 2.20 bits per heavy atom. The largest absolute Gasteiger partial charge is 0.317 e. The first-order valence-electron chi connectivity index (χ1n) is 6.52. The van der Waals surface area contributed by atoms with Crippen molar-refractivity contribution in [1.82, 2.24) is 10.2 Å². The van der Waals surface area contributed by atoms with E-state index in [1.807, 2.05) is 0 Å². The first kappa shape index (κ1) is 14.9. The lowest BCUT2D eigenvalue weighted by atomic mass is 10.0. The molecule has 0 amide bonds. The molecule has 2 heteroatoms. The van der Waals surface area contributed by atoms with Crippen LogP contribution in [0.2, 0.25) is 0 Å². The maximum Gasteiger partial charge on any atom is 0.00762 e. The van der Waals surface area contributed by atoms with E-state index in [0.29, 0.717) is 6.04 Å². The van der Waals surface area contributed by atoms with Crippen LogP contribution in [0.3, 0.4) is 0 Å². The van der Waals surface area contributed by atoms with Crippen LogP contribution in [-0.4, -0.2) is 38.6 Å². The van der Waals surface area contributed by atoms with Crippen LogP contribution >= 0.6 is 0 Å². The van der Waals surface area contributed by atoms with E-state index in [9.17, 15) is 0 Å². The zero-order valence-corrected chi connectivity index (χ0v) is 11.2. The molecule has 1 N–H and O–H groups in total. The van der Waals surface area contributed by atoms with Gasteiger partial charge in [-0.05, 0) is 40.5 Å². The lowest BCUT2D eigenvalue weighted by Crippen LogP contribution is -2.29. The normalized spacial score (nSPS) is 13.4. The minimum Gasteiger partial charge on any atom is -0.317 e. The third-order valence-electron chi connectivity index (χ3n) is 2.99. The van der Waals surface area contributed by atoms with Crippen LogP contribution in [0, 0.1) is 0 Å². The summed E-state index contributed by atoms with van der Waals surface area (Å²) in [6.45, 7) is 3.47. The van der Waals surface area contributed by atoms with E-state index in [4.69, 9.17) is 0 Å². The molecule has 0 spiro atoms. The number of unbranched alkanes of at least 4 members (excludes halogenated alkanes) is 4. The highest BCUT2D eigenvalue weighted by Gasteiger charge is 2.05. The molecule has 0 radical (unpaired) electrons. The molecule has 0 aromatic carbocycles. The van der Waals surface area contributed by atoms with Crippen molar-refractivity contribution in [3.63, 3.8) is 0 Å². The Balaban J connectivity index is 3.36. The molecular weight excluding hydrogens is 184 g/mol. The van der Waals surface area contributed by atoms with Crippen molar-refractivity contribution >= 4 is 0 Å². The molecule has 1 atom stereocenters. The lowest BCUT2D eigenvalue weighted by molar-refractivity contribution is 0.352. The standard InChI is InChI=1S/C13H30N2/c1-5-6-7-8-9-10-13(14-2)11-12-15(3)4/h13-14H,5-12H2,1-4H3. The fraction of sp³-hybridized carbons (Fsp3) is 1.00. The summed E-state index contributed by atoms with van der Waals surface area (Å²) in [5.41, 5.74) is 0. The van der Waals surface area contributed by atoms with Crippen LogP contribution in [0.5, 0.6) is 0 Å². The summed E-state index contributed by atoms with van der Waals surface area (Å²) in [6.07, 6.45) is 9.58. The molecule has 0 aliphatic heterocycles. The minimum absolute atomic E-state index is 0.717. The van der Waals surface area contributed by atoms with Crippen molar-refractivity contribution in [3.05, 3.63) is 0 Å². The summed E-state index contributed by atoms with van der Waals surface area (Å²) in [6, 6.07) is 0.717. The molecule has 92 valence electrons. The molecule has 0 saturated heterocycles. The van der Waals surface area contributed by atoms with Crippen molar-refractivity contribution < 1.29 is 0 Å². The summed E-state index contributed by atoms with van der Waals surface area (Å²) >= 11 is 0. The van der Waals surface area contributed by atoms with E-state index in [2.05, 4.69) is 38.3 Å². The van der Waals surface area contributed by atoms with Gasteiger partial charge in [0.25, 0.3) is 0 Å². The van der Waals surface area contributed by atoms with Gasteiger partial charge in [0, 0.05) is 6.04 Å². The van der Waals surface area contributed by atoms with Crippen molar-refractivity contribution in [2.75, 3.05) is 27.7 Å². The molecule has 2 nitrogen and oxygen atoms in total. The van der Waals surface area contributed by atoms with Crippen molar-refractivity contribution in [3.8, 4) is 0 Å². The smallest absolute Gasteiger partial charge is 0.00762 e. The van der Waals surface area contributed by atoms with Crippen LogP contribution in [0.1, 0.15) is 51.9 Å². The van der Waals surface area contributed by atoms with Gasteiger partial charge in [-0.15, -0.1) is 0 Å². The second kappa shape index (κ2) is 10.4. The highest BCUT2D eigenvalue weighted by Crippen LogP contribution is 2.09. The van der Waals surface area contributed by atoms with Gasteiger partial charge in [0.1, 0.15) is 0 Å². The van der Waals surface area contributed by atoms with E-state index < -0.39 is 0 Å². The monoisotopic (exact) mass is 214 g/mol. The summed E-state index contributed by atoms with van der Waals surface area (Å²) in [5, 5.41) is 3.42. The molecule has 0 bridgehead atoms. The molecule has 0 aromatic rings. The maximum absolute atomic E-state index is 3.42. The van der Waals surface area contributed by atoms with Crippen LogP contribution < -0.4 is 5.32 Å². The lowest BCUT2D eigenvalue weighted by Gasteiger charge is -2.18. The summed E-state index contributed by atoms with van der Waals surface area (Å²) in [7, 11) is 6.38. The Morgan fingerprint density at radius 1 is 1.00 bits per heavy atom. The van der Waals surface area contributed by atoms with Gasteiger partial charge in [0.15, 0.2) is 0 Å². The molecule has 0 aromatic heterocycles. The average Bonchev–Trinajstić information content (AvgIpc) is 2.22. The number of nitrogens with zero attached hydrogens (tertiary/aromatic N) is 1. The van der Waals surface area contributed by atoms with Gasteiger partial charge < -0.3 is 10.2 Å². The van der Waals surface area contributed by atoms with Gasteiger partial charge in [-0.2, -0.15) is 0 Å². The molecule has 0 saturated carbocycles. The first-order valence-corrected chi connectivity index (χ1v) is 6.52. The van der Waals surface area contributed by atoms with Crippen molar-refractivity contribution in [2.24, 2.45) is 0 Å². The van der Waals surface area contributed by atoms with Gasteiger partial charge in [-0.1, -0.05) is 39.0 Å². The van der Waals surface area contributed by atoms with E-state index >= 15 is 0 Å². The van der Waals surface area contributed by atoms with Crippen LogP contribution in [0.25, 0.3) is 0 Å². The van der Waals surface area contributed by atoms with Gasteiger partial charge in [0.05, 0.1) is 0 Å². The highest BCUT2D eigenvalue weighted by atomic mass is 15.1. The van der Waals surface area contributed by atoms with E-state index in [0.717, 1.165) is 0 Å². The van der Waals surface area contributed by atoms with Crippen molar-refractivity contribution in [1.29, 1.82) is 0 Å². The minimum atomic E-state index is 0.717. The number of nitrogens with one attached hydrogen (secondary N) is 1. The SMILES string of the molecule is CCCCCCCC(CCN(C)C)NC. The molecule has 15 heavy (non-hydrogen) atoms. The molecule has 0 rings (SSSR count). The van der Waals surface area contributed by atoms with Crippen molar-refractivity contribution in [2.45, 2.75) is 57.9 Å². The van der Waals surface area contributed by atoms with Gasteiger partial charge in [0.2, 0.25) is 0 Å². The molecule has 0 aliphatic rings. The zero-order chi connectivity index (χ0) is 11.5. The predicted molar refractivity (Wildman–Crippen MR) is 69.4 cm³/mol. The number of rotatable bonds is 10.